The highest BCUT2D eigenvalue weighted by molar-refractivity contribution is 6.23. The first kappa shape index (κ1) is 27.5. The van der Waals surface area contributed by atoms with Crippen LogP contribution in [0.15, 0.2) is 47.1 Å². The molecule has 39 heavy (non-hydrogen) atoms. The van der Waals surface area contributed by atoms with Crippen molar-refractivity contribution in [3.63, 3.8) is 0 Å². The van der Waals surface area contributed by atoms with Gasteiger partial charge in [0.1, 0.15) is 0 Å². The maximum absolute atomic E-state index is 13.2. The average Bonchev–Trinajstić information content (AvgIpc) is 2.92. The molecule has 8 heteroatoms. The summed E-state index contributed by atoms with van der Waals surface area (Å²) in [6, 6.07) is 5.28. The number of ketones is 1. The van der Waals surface area contributed by atoms with Crippen LogP contribution < -0.4 is 10.6 Å². The summed E-state index contributed by atoms with van der Waals surface area (Å²) >= 11 is 0. The van der Waals surface area contributed by atoms with E-state index in [-0.39, 0.29) is 17.6 Å². The van der Waals surface area contributed by atoms with Crippen LogP contribution in [0.2, 0.25) is 0 Å². The summed E-state index contributed by atoms with van der Waals surface area (Å²) < 4.78 is 0. The second kappa shape index (κ2) is 12.4. The summed E-state index contributed by atoms with van der Waals surface area (Å²) in [5.74, 6) is 0.988. The van der Waals surface area contributed by atoms with Crippen molar-refractivity contribution in [1.82, 2.24) is 15.1 Å². The largest absolute Gasteiger partial charge is 0.326 e. The minimum absolute atomic E-state index is 0.0237. The molecule has 4 aliphatic rings. The first-order chi connectivity index (χ1) is 18.8. The number of hydrogen-bond donors (Lipinski definition) is 2. The molecule has 0 spiro atoms. The van der Waals surface area contributed by atoms with E-state index in [0.29, 0.717) is 41.2 Å². The van der Waals surface area contributed by atoms with Gasteiger partial charge in [0.05, 0.1) is 17.3 Å². The van der Waals surface area contributed by atoms with Gasteiger partial charge in [0.15, 0.2) is 5.78 Å². The number of nitrogens with zero attached hydrogens (tertiary/aromatic N) is 3. The van der Waals surface area contributed by atoms with Crippen LogP contribution in [0.1, 0.15) is 62.7 Å². The van der Waals surface area contributed by atoms with Crippen LogP contribution in [0.3, 0.4) is 0 Å². The van der Waals surface area contributed by atoms with Gasteiger partial charge >= 0.3 is 0 Å². The van der Waals surface area contributed by atoms with Gasteiger partial charge < -0.3 is 20.4 Å². The lowest BCUT2D eigenvalue weighted by Crippen LogP contribution is -2.36. The topological polar surface area (TPSA) is 94.1 Å². The zero-order chi connectivity index (χ0) is 27.4. The molecule has 2 fully saturated rings. The lowest BCUT2D eigenvalue weighted by molar-refractivity contribution is -0.120. The molecule has 3 heterocycles. The minimum atomic E-state index is -0.457. The standard InChI is InChI=1S/C31H41N5O3/c1-21-7-13-35(14-8-21)17-11-29(37)32-23-3-5-25-27(19-23)34-28-20-24(4-6-26(28)31(25)39)33-30(38)12-18-36-15-9-22(2)10-16-36/h3-6,19-22,25H,7-18H2,1-2H3,(H,32,37)(H,33,38). The number of allylic oxidation sites excluding steroid dienone is 3. The maximum Gasteiger partial charge on any atom is 0.225 e. The number of piperidine rings is 2. The minimum Gasteiger partial charge on any atom is -0.326 e. The summed E-state index contributed by atoms with van der Waals surface area (Å²) in [6.07, 6.45) is 11.0. The first-order valence-electron chi connectivity index (χ1n) is 14.5. The fourth-order valence-corrected chi connectivity index (χ4v) is 5.75. The predicted molar refractivity (Wildman–Crippen MR) is 154 cm³/mol. The van der Waals surface area contributed by atoms with Crippen molar-refractivity contribution in [2.45, 2.75) is 52.4 Å². The third-order valence-electron chi connectivity index (χ3n) is 8.52. The Morgan fingerprint density at radius 1 is 0.897 bits per heavy atom. The SMILES string of the molecule is CC1CCN(CCC(=O)NC2=CC3=Nc4cc(NC(=O)CCN5CCC(C)CC5)ccc4C(=O)C3C=C2)CC1. The lowest BCUT2D eigenvalue weighted by Gasteiger charge is -2.30. The van der Waals surface area contributed by atoms with Crippen LogP contribution in [0.25, 0.3) is 0 Å². The molecule has 2 amide bonds. The zero-order valence-electron chi connectivity index (χ0n) is 23.2. The van der Waals surface area contributed by atoms with Crippen molar-refractivity contribution in [1.29, 1.82) is 0 Å². The van der Waals surface area contributed by atoms with Crippen molar-refractivity contribution in [3.05, 3.63) is 47.7 Å². The van der Waals surface area contributed by atoms with Crippen molar-refractivity contribution in [2.24, 2.45) is 22.7 Å². The van der Waals surface area contributed by atoms with Crippen LogP contribution in [0.5, 0.6) is 0 Å². The number of amides is 2. The van der Waals surface area contributed by atoms with Crippen molar-refractivity contribution >= 4 is 34.7 Å². The van der Waals surface area contributed by atoms with E-state index in [0.717, 1.165) is 51.1 Å². The Hall–Kier alpha value is -3.10. The molecule has 0 radical (unpaired) electrons. The normalized spacial score (nSPS) is 22.5. The number of hydrogen-bond acceptors (Lipinski definition) is 6. The highest BCUT2D eigenvalue weighted by atomic mass is 16.2. The number of benzene rings is 1. The molecule has 208 valence electrons. The Morgan fingerprint density at radius 2 is 1.49 bits per heavy atom. The molecule has 0 saturated carbocycles. The van der Waals surface area contributed by atoms with E-state index in [1.54, 1.807) is 30.4 Å². The highest BCUT2D eigenvalue weighted by Gasteiger charge is 2.31. The third-order valence-corrected chi connectivity index (χ3v) is 8.52. The van der Waals surface area contributed by atoms with Gasteiger partial charge in [-0.1, -0.05) is 19.9 Å². The van der Waals surface area contributed by atoms with Gasteiger partial charge in [-0.15, -0.1) is 0 Å². The molecule has 8 nitrogen and oxygen atoms in total. The van der Waals surface area contributed by atoms with E-state index >= 15 is 0 Å². The number of fused-ring (bicyclic) bond motifs is 2. The summed E-state index contributed by atoms with van der Waals surface area (Å²) in [4.78, 5) is 47.8. The second-order valence-electron chi connectivity index (χ2n) is 11.7. The molecule has 1 aliphatic carbocycles. The van der Waals surface area contributed by atoms with E-state index in [2.05, 4.69) is 34.3 Å². The Kier molecular flexibility index (Phi) is 8.72. The predicted octanol–water partition coefficient (Wildman–Crippen LogP) is 4.32. The molecule has 1 unspecified atom stereocenters. The van der Waals surface area contributed by atoms with Crippen molar-refractivity contribution < 1.29 is 14.4 Å². The molecule has 1 aromatic rings. The Balaban J connectivity index is 1.17. The number of aliphatic imine (C=N–C) groups is 1. The molecule has 3 aliphatic heterocycles. The van der Waals surface area contributed by atoms with Crippen molar-refractivity contribution in [2.75, 3.05) is 44.6 Å². The number of carbonyl (C=O) groups is 3. The van der Waals surface area contributed by atoms with Crippen molar-refractivity contribution in [3.8, 4) is 0 Å². The van der Waals surface area contributed by atoms with E-state index in [1.807, 2.05) is 6.08 Å². The Bertz CT molecular complexity index is 1190. The number of nitrogens with one attached hydrogen (secondary N) is 2. The summed E-state index contributed by atoms with van der Waals surface area (Å²) in [7, 11) is 0. The molecule has 1 aromatic carbocycles. The Morgan fingerprint density at radius 3 is 2.10 bits per heavy atom. The Labute approximate surface area is 231 Å². The maximum atomic E-state index is 13.2. The second-order valence-corrected chi connectivity index (χ2v) is 11.7. The number of anilines is 1. The van der Waals surface area contributed by atoms with Crippen LogP contribution in [-0.4, -0.2) is 72.4 Å². The van der Waals surface area contributed by atoms with Crippen LogP contribution in [0.4, 0.5) is 11.4 Å². The summed E-state index contributed by atoms with van der Waals surface area (Å²) in [6.45, 7) is 10.3. The molecule has 1 atom stereocenters. The number of carbonyl (C=O) groups excluding carboxylic acids is 3. The van der Waals surface area contributed by atoms with E-state index in [1.165, 1.54) is 25.7 Å². The molecular formula is C31H41N5O3. The molecule has 0 bridgehead atoms. The average molecular weight is 532 g/mol. The van der Waals surface area contributed by atoms with Gasteiger partial charge in [0, 0.05) is 42.9 Å². The van der Waals surface area contributed by atoms with Gasteiger partial charge in [-0.3, -0.25) is 19.4 Å². The molecule has 2 saturated heterocycles. The third kappa shape index (κ3) is 7.11. The highest BCUT2D eigenvalue weighted by Crippen LogP contribution is 2.34. The monoisotopic (exact) mass is 531 g/mol. The number of rotatable bonds is 8. The van der Waals surface area contributed by atoms with E-state index in [4.69, 9.17) is 4.99 Å². The summed E-state index contributed by atoms with van der Waals surface area (Å²) in [5.41, 5.74) is 2.99. The number of Topliss-reactive ketones (excluding diaryl/α,β-unsaturated/α-hetero) is 1. The van der Waals surface area contributed by atoms with Crippen LogP contribution >= 0.6 is 0 Å². The fraction of sp³-hybridized carbons (Fsp3) is 0.548. The quantitative estimate of drug-likeness (QED) is 0.521. The molecule has 0 aromatic heterocycles. The molecular weight excluding hydrogens is 490 g/mol. The zero-order valence-corrected chi connectivity index (χ0v) is 23.2. The van der Waals surface area contributed by atoms with Crippen LogP contribution in [-0.2, 0) is 9.59 Å². The van der Waals surface area contributed by atoms with E-state index in [9.17, 15) is 14.4 Å². The van der Waals surface area contributed by atoms with Gasteiger partial charge in [-0.2, -0.15) is 0 Å². The smallest absolute Gasteiger partial charge is 0.225 e. The van der Waals surface area contributed by atoms with Crippen LogP contribution in [0, 0.1) is 17.8 Å². The lowest BCUT2D eigenvalue weighted by atomic mass is 9.86. The first-order valence-corrected chi connectivity index (χ1v) is 14.5. The van der Waals surface area contributed by atoms with E-state index < -0.39 is 5.92 Å². The van der Waals surface area contributed by atoms with Gasteiger partial charge in [0.25, 0.3) is 0 Å². The summed E-state index contributed by atoms with van der Waals surface area (Å²) in [5, 5.41) is 5.94. The van der Waals surface area contributed by atoms with Gasteiger partial charge in [-0.25, -0.2) is 0 Å². The van der Waals surface area contributed by atoms with Gasteiger partial charge in [0.2, 0.25) is 11.8 Å². The molecule has 2 N–H and O–H groups in total. The number of likely N-dealkylation sites (tertiary alicyclic amines) is 2. The molecule has 5 rings (SSSR count). The van der Waals surface area contributed by atoms with Gasteiger partial charge in [-0.05, 0) is 94.0 Å². The fourth-order valence-electron chi connectivity index (χ4n) is 5.75.